The summed E-state index contributed by atoms with van der Waals surface area (Å²) in [4.78, 5) is 11.2. The molecule has 0 radical (unpaired) electrons. The third-order valence-electron chi connectivity index (χ3n) is 2.00. The molecule has 1 nitrogen and oxygen atoms in total. The monoisotopic (exact) mass is 138 g/mol. The summed E-state index contributed by atoms with van der Waals surface area (Å²) in [5.41, 5.74) is 0.990. The Labute approximate surface area is 62.1 Å². The van der Waals surface area contributed by atoms with Gasteiger partial charge in [-0.15, -0.1) is 0 Å². The van der Waals surface area contributed by atoms with Gasteiger partial charge in [0.1, 0.15) is 5.78 Å². The Morgan fingerprint density at radius 1 is 1.70 bits per heavy atom. The Bertz CT molecular complexity index is 170. The van der Waals surface area contributed by atoms with E-state index in [4.69, 9.17) is 0 Å². The molecular formula is C9H14O. The van der Waals surface area contributed by atoms with E-state index in [-0.39, 0.29) is 0 Å². The van der Waals surface area contributed by atoms with Gasteiger partial charge < -0.3 is 0 Å². The number of ketones is 1. The molecule has 1 aliphatic rings. The molecule has 56 valence electrons. The molecule has 0 aromatic heterocycles. The van der Waals surface area contributed by atoms with Crippen LogP contribution in [0.15, 0.2) is 12.2 Å². The number of hydrogen-bond donors (Lipinski definition) is 0. The van der Waals surface area contributed by atoms with E-state index >= 15 is 0 Å². The maximum absolute atomic E-state index is 11.2. The van der Waals surface area contributed by atoms with Crippen LogP contribution in [0, 0.1) is 11.8 Å². The quantitative estimate of drug-likeness (QED) is 0.546. The Balaban J connectivity index is 2.30. The minimum absolute atomic E-state index is 0.372. The number of carbonyl (C=O) groups is 1. The Morgan fingerprint density at radius 2 is 2.20 bits per heavy atom. The van der Waals surface area contributed by atoms with Gasteiger partial charge in [0.05, 0.1) is 0 Å². The van der Waals surface area contributed by atoms with Crippen LogP contribution < -0.4 is 0 Å². The lowest BCUT2D eigenvalue weighted by Gasteiger charge is -1.95. The first kappa shape index (κ1) is 7.52. The second-order valence-electron chi connectivity index (χ2n) is 3.42. The highest BCUT2D eigenvalue weighted by molar-refractivity contribution is 5.85. The van der Waals surface area contributed by atoms with Crippen molar-refractivity contribution in [3.63, 3.8) is 0 Å². The number of hydrogen-bond acceptors (Lipinski definition) is 1. The molecule has 1 heteroatoms. The van der Waals surface area contributed by atoms with Gasteiger partial charge in [-0.05, 0) is 19.3 Å². The largest absolute Gasteiger partial charge is 0.299 e. The van der Waals surface area contributed by atoms with E-state index in [0.717, 1.165) is 12.0 Å². The molecule has 1 aliphatic carbocycles. The number of allylic oxidation sites excluding steroid dienone is 1. The van der Waals surface area contributed by atoms with E-state index in [2.05, 4.69) is 13.5 Å². The summed E-state index contributed by atoms with van der Waals surface area (Å²) < 4.78 is 0. The summed E-state index contributed by atoms with van der Waals surface area (Å²) in [5, 5.41) is 0. The second kappa shape index (κ2) is 2.57. The predicted molar refractivity (Wildman–Crippen MR) is 41.7 cm³/mol. The highest BCUT2D eigenvalue weighted by atomic mass is 16.1. The molecule has 0 heterocycles. The van der Waals surface area contributed by atoms with Crippen molar-refractivity contribution in [2.24, 2.45) is 11.8 Å². The molecule has 0 aliphatic heterocycles. The predicted octanol–water partition coefficient (Wildman–Crippen LogP) is 2.18. The van der Waals surface area contributed by atoms with Crippen molar-refractivity contribution in [2.75, 3.05) is 0 Å². The van der Waals surface area contributed by atoms with Gasteiger partial charge in [0, 0.05) is 12.3 Å². The van der Waals surface area contributed by atoms with E-state index < -0.39 is 0 Å². The fourth-order valence-electron chi connectivity index (χ4n) is 1.20. The third-order valence-corrected chi connectivity index (χ3v) is 2.00. The van der Waals surface area contributed by atoms with E-state index in [1.165, 1.54) is 0 Å². The zero-order valence-electron chi connectivity index (χ0n) is 6.68. The Morgan fingerprint density at radius 3 is 2.50 bits per heavy atom. The normalized spacial score (nSPS) is 29.8. The first-order chi connectivity index (χ1) is 4.61. The minimum atomic E-state index is 0.372. The maximum atomic E-state index is 11.2. The standard InChI is InChI=1S/C9H14O/c1-6(2)4-9(10)8-5-7(8)3/h7-8H,1,4-5H2,2-3H3. The van der Waals surface area contributed by atoms with Crippen molar-refractivity contribution in [1.29, 1.82) is 0 Å². The summed E-state index contributed by atoms with van der Waals surface area (Å²) >= 11 is 0. The van der Waals surface area contributed by atoms with Gasteiger partial charge in [-0.25, -0.2) is 0 Å². The summed E-state index contributed by atoms with van der Waals surface area (Å²) in [6.45, 7) is 7.74. The molecule has 2 unspecified atom stereocenters. The van der Waals surface area contributed by atoms with Crippen LogP contribution in [0.2, 0.25) is 0 Å². The van der Waals surface area contributed by atoms with Crippen molar-refractivity contribution in [3.05, 3.63) is 12.2 Å². The average molecular weight is 138 g/mol. The zero-order chi connectivity index (χ0) is 7.72. The molecule has 2 atom stereocenters. The fourth-order valence-corrected chi connectivity index (χ4v) is 1.20. The lowest BCUT2D eigenvalue weighted by Crippen LogP contribution is -2.01. The van der Waals surface area contributed by atoms with Gasteiger partial charge in [0.2, 0.25) is 0 Å². The van der Waals surface area contributed by atoms with Crippen LogP contribution in [-0.4, -0.2) is 5.78 Å². The number of rotatable bonds is 3. The third kappa shape index (κ3) is 1.69. The van der Waals surface area contributed by atoms with Crippen molar-refractivity contribution in [1.82, 2.24) is 0 Å². The van der Waals surface area contributed by atoms with E-state index in [1.54, 1.807) is 0 Å². The molecule has 0 bridgehead atoms. The lowest BCUT2D eigenvalue weighted by molar-refractivity contribution is -0.119. The van der Waals surface area contributed by atoms with E-state index in [1.807, 2.05) is 6.92 Å². The van der Waals surface area contributed by atoms with Gasteiger partial charge >= 0.3 is 0 Å². The van der Waals surface area contributed by atoms with Crippen LogP contribution in [-0.2, 0) is 4.79 Å². The van der Waals surface area contributed by atoms with Crippen molar-refractivity contribution in [2.45, 2.75) is 26.7 Å². The molecule has 0 saturated heterocycles. The maximum Gasteiger partial charge on any atom is 0.140 e. The van der Waals surface area contributed by atoms with Crippen LogP contribution in [0.5, 0.6) is 0 Å². The Kier molecular flexibility index (Phi) is 1.93. The number of carbonyl (C=O) groups excluding carboxylic acids is 1. The van der Waals surface area contributed by atoms with Crippen LogP contribution in [0.1, 0.15) is 26.7 Å². The average Bonchev–Trinajstić information content (AvgIpc) is 2.44. The van der Waals surface area contributed by atoms with Gasteiger partial charge in [-0.2, -0.15) is 0 Å². The SMILES string of the molecule is C=C(C)CC(=O)C1CC1C. The molecule has 10 heavy (non-hydrogen) atoms. The highest BCUT2D eigenvalue weighted by Crippen LogP contribution is 2.39. The van der Waals surface area contributed by atoms with Gasteiger partial charge in [0.15, 0.2) is 0 Å². The van der Waals surface area contributed by atoms with Crippen LogP contribution in [0.25, 0.3) is 0 Å². The fraction of sp³-hybridized carbons (Fsp3) is 0.667. The minimum Gasteiger partial charge on any atom is -0.299 e. The molecule has 0 N–H and O–H groups in total. The van der Waals surface area contributed by atoms with Gasteiger partial charge in [0.25, 0.3) is 0 Å². The summed E-state index contributed by atoms with van der Waals surface area (Å²) in [7, 11) is 0. The lowest BCUT2D eigenvalue weighted by atomic mass is 10.1. The van der Waals surface area contributed by atoms with Crippen molar-refractivity contribution >= 4 is 5.78 Å². The molecule has 1 saturated carbocycles. The smallest absolute Gasteiger partial charge is 0.140 e. The van der Waals surface area contributed by atoms with Crippen LogP contribution in [0.4, 0.5) is 0 Å². The molecular weight excluding hydrogens is 124 g/mol. The molecule has 1 fully saturated rings. The van der Waals surface area contributed by atoms with E-state index in [9.17, 15) is 4.79 Å². The van der Waals surface area contributed by atoms with Crippen molar-refractivity contribution < 1.29 is 4.79 Å². The topological polar surface area (TPSA) is 17.1 Å². The molecule has 0 aromatic rings. The van der Waals surface area contributed by atoms with Crippen LogP contribution >= 0.6 is 0 Å². The van der Waals surface area contributed by atoms with Gasteiger partial charge in [-0.1, -0.05) is 19.1 Å². The summed E-state index contributed by atoms with van der Waals surface area (Å²) in [5.74, 6) is 1.41. The molecule has 1 rings (SSSR count). The molecule has 0 amide bonds. The first-order valence-electron chi connectivity index (χ1n) is 3.78. The molecule has 0 spiro atoms. The van der Waals surface area contributed by atoms with Crippen LogP contribution in [0.3, 0.4) is 0 Å². The zero-order valence-corrected chi connectivity index (χ0v) is 6.68. The number of Topliss-reactive ketones (excluding diaryl/α,β-unsaturated/α-hetero) is 1. The second-order valence-corrected chi connectivity index (χ2v) is 3.42. The van der Waals surface area contributed by atoms with Crippen molar-refractivity contribution in [3.8, 4) is 0 Å². The first-order valence-corrected chi connectivity index (χ1v) is 3.78. The summed E-state index contributed by atoms with van der Waals surface area (Å²) in [6, 6.07) is 0. The molecule has 0 aromatic carbocycles. The van der Waals surface area contributed by atoms with E-state index in [0.29, 0.717) is 24.0 Å². The summed E-state index contributed by atoms with van der Waals surface area (Å²) in [6.07, 6.45) is 1.70. The highest BCUT2D eigenvalue weighted by Gasteiger charge is 2.38. The van der Waals surface area contributed by atoms with Gasteiger partial charge in [-0.3, -0.25) is 4.79 Å². The Hall–Kier alpha value is -0.590.